The second-order valence-electron chi connectivity index (χ2n) is 8.07. The lowest BCUT2D eigenvalue weighted by Crippen LogP contribution is -2.31. The van der Waals surface area contributed by atoms with Crippen molar-refractivity contribution in [1.82, 2.24) is 5.32 Å². The van der Waals surface area contributed by atoms with Gasteiger partial charge in [-0.1, -0.05) is 48.0 Å². The summed E-state index contributed by atoms with van der Waals surface area (Å²) >= 11 is 0. The summed E-state index contributed by atoms with van der Waals surface area (Å²) < 4.78 is 28.2. The predicted octanol–water partition coefficient (Wildman–Crippen LogP) is 4.91. The van der Waals surface area contributed by atoms with Crippen LogP contribution in [0.1, 0.15) is 51.5 Å². The molecule has 1 aliphatic carbocycles. The zero-order valence-corrected chi connectivity index (χ0v) is 18.5. The van der Waals surface area contributed by atoms with Crippen LogP contribution in [0.5, 0.6) is 0 Å². The molecule has 0 unspecified atom stereocenters. The molecule has 0 heterocycles. The average molecular weight is 435 g/mol. The fourth-order valence-electron chi connectivity index (χ4n) is 3.94. The number of hydrogen-bond donors (Lipinski definition) is 2. The van der Waals surface area contributed by atoms with E-state index in [4.69, 9.17) is 0 Å². The summed E-state index contributed by atoms with van der Waals surface area (Å²) in [4.78, 5) is 13.2. The summed E-state index contributed by atoms with van der Waals surface area (Å²) in [7, 11) is -3.74. The van der Waals surface area contributed by atoms with E-state index in [-0.39, 0.29) is 16.8 Å². The summed E-state index contributed by atoms with van der Waals surface area (Å²) in [6, 6.07) is 19.9. The van der Waals surface area contributed by atoms with Gasteiger partial charge in [0, 0.05) is 5.56 Å². The van der Waals surface area contributed by atoms with Crippen LogP contribution in [0.15, 0.2) is 71.6 Å². The molecule has 0 saturated carbocycles. The maximum absolute atomic E-state index is 13.0. The van der Waals surface area contributed by atoms with Crippen LogP contribution in [0.2, 0.25) is 0 Å². The van der Waals surface area contributed by atoms with Crippen LogP contribution in [0.25, 0.3) is 0 Å². The molecule has 0 aromatic heterocycles. The minimum Gasteiger partial charge on any atom is -0.345 e. The van der Waals surface area contributed by atoms with Gasteiger partial charge in [-0.15, -0.1) is 0 Å². The van der Waals surface area contributed by atoms with Crippen molar-refractivity contribution in [2.24, 2.45) is 0 Å². The van der Waals surface area contributed by atoms with Crippen LogP contribution in [0.3, 0.4) is 0 Å². The van der Waals surface area contributed by atoms with E-state index in [1.807, 2.05) is 26.0 Å². The first-order valence-electron chi connectivity index (χ1n) is 10.4. The van der Waals surface area contributed by atoms with Crippen molar-refractivity contribution in [3.63, 3.8) is 0 Å². The summed E-state index contributed by atoms with van der Waals surface area (Å²) in [5.41, 5.74) is 4.99. The first kappa shape index (κ1) is 21.1. The Balaban J connectivity index is 1.55. The maximum Gasteiger partial charge on any atom is 0.261 e. The number of hydrogen-bond acceptors (Lipinski definition) is 3. The molecule has 0 saturated heterocycles. The molecule has 2 N–H and O–H groups in total. The van der Waals surface area contributed by atoms with Crippen LogP contribution >= 0.6 is 0 Å². The molecule has 1 amide bonds. The number of carbonyl (C=O) groups excluding carboxylic acids is 1. The molecule has 31 heavy (non-hydrogen) atoms. The Kier molecular flexibility index (Phi) is 5.83. The van der Waals surface area contributed by atoms with Gasteiger partial charge in [0.1, 0.15) is 0 Å². The maximum atomic E-state index is 13.0. The third-order valence-electron chi connectivity index (χ3n) is 5.75. The van der Waals surface area contributed by atoms with Crippen molar-refractivity contribution in [2.75, 3.05) is 4.72 Å². The first-order valence-corrected chi connectivity index (χ1v) is 11.9. The van der Waals surface area contributed by atoms with E-state index in [9.17, 15) is 13.2 Å². The highest BCUT2D eigenvalue weighted by Gasteiger charge is 2.22. The molecule has 0 fully saturated rings. The summed E-state index contributed by atoms with van der Waals surface area (Å²) in [5.74, 6) is -0.211. The Morgan fingerprint density at radius 1 is 0.968 bits per heavy atom. The zero-order chi connectivity index (χ0) is 22.0. The Labute approximate surface area is 183 Å². The lowest BCUT2D eigenvalue weighted by molar-refractivity contribution is 0.0932. The third kappa shape index (κ3) is 4.64. The highest BCUT2D eigenvalue weighted by molar-refractivity contribution is 7.92. The third-order valence-corrected chi connectivity index (χ3v) is 7.13. The van der Waals surface area contributed by atoms with Gasteiger partial charge in [0.05, 0.1) is 16.6 Å². The topological polar surface area (TPSA) is 75.3 Å². The molecule has 0 spiro atoms. The van der Waals surface area contributed by atoms with Gasteiger partial charge in [-0.05, 0) is 74.1 Å². The molecule has 160 valence electrons. The van der Waals surface area contributed by atoms with Gasteiger partial charge in [-0.25, -0.2) is 8.42 Å². The number of benzene rings is 3. The fraction of sp³-hybridized carbons (Fsp3) is 0.240. The lowest BCUT2D eigenvalue weighted by Gasteiger charge is -2.26. The van der Waals surface area contributed by atoms with Crippen LogP contribution in [-0.4, -0.2) is 14.3 Å². The Bertz CT molecular complexity index is 1220. The molecule has 1 atom stereocenters. The van der Waals surface area contributed by atoms with Crippen molar-refractivity contribution in [2.45, 2.75) is 44.0 Å². The van der Waals surface area contributed by atoms with Gasteiger partial charge in [0.2, 0.25) is 0 Å². The van der Waals surface area contributed by atoms with E-state index in [2.05, 4.69) is 22.2 Å². The molecule has 6 heteroatoms. The molecular formula is C25H26N2O3S. The SMILES string of the molecule is Cc1ccc(S(=O)(=O)Nc2cc(C(=O)N[C@H]3CCCc4ccccc43)ccc2C)cc1. The van der Waals surface area contributed by atoms with Crippen molar-refractivity contribution in [1.29, 1.82) is 0 Å². The highest BCUT2D eigenvalue weighted by Crippen LogP contribution is 2.30. The van der Waals surface area contributed by atoms with Gasteiger partial charge < -0.3 is 5.32 Å². The molecule has 5 nitrogen and oxygen atoms in total. The molecule has 1 aliphatic rings. The molecule has 0 aliphatic heterocycles. The van der Waals surface area contributed by atoms with Crippen LogP contribution in [0, 0.1) is 13.8 Å². The summed E-state index contributed by atoms with van der Waals surface area (Å²) in [6.07, 6.45) is 2.94. The number of nitrogens with one attached hydrogen (secondary N) is 2. The number of aryl methyl sites for hydroxylation is 3. The van der Waals surface area contributed by atoms with E-state index in [1.54, 1.807) is 42.5 Å². The van der Waals surface area contributed by atoms with Crippen LogP contribution < -0.4 is 10.0 Å². The number of amides is 1. The van der Waals surface area contributed by atoms with Crippen molar-refractivity contribution in [3.8, 4) is 0 Å². The smallest absolute Gasteiger partial charge is 0.261 e. The monoisotopic (exact) mass is 434 g/mol. The second kappa shape index (κ2) is 8.55. The van der Waals surface area contributed by atoms with Gasteiger partial charge in [0.25, 0.3) is 15.9 Å². The quantitative estimate of drug-likeness (QED) is 0.599. The number of rotatable bonds is 5. The molecule has 0 radical (unpaired) electrons. The second-order valence-corrected chi connectivity index (χ2v) is 9.75. The van der Waals surface area contributed by atoms with E-state index < -0.39 is 10.0 Å². The normalized spacial score (nSPS) is 15.7. The van der Waals surface area contributed by atoms with Crippen LogP contribution in [0.4, 0.5) is 5.69 Å². The van der Waals surface area contributed by atoms with Crippen molar-refractivity contribution >= 4 is 21.6 Å². The van der Waals surface area contributed by atoms with Gasteiger partial charge >= 0.3 is 0 Å². The highest BCUT2D eigenvalue weighted by atomic mass is 32.2. The fourth-order valence-corrected chi connectivity index (χ4v) is 5.06. The average Bonchev–Trinajstić information content (AvgIpc) is 2.75. The van der Waals surface area contributed by atoms with Crippen molar-refractivity contribution < 1.29 is 13.2 Å². The van der Waals surface area contributed by atoms with Gasteiger partial charge in [0.15, 0.2) is 0 Å². The predicted molar refractivity (Wildman–Crippen MR) is 123 cm³/mol. The molecular weight excluding hydrogens is 408 g/mol. The van der Waals surface area contributed by atoms with Crippen molar-refractivity contribution in [3.05, 3.63) is 94.5 Å². The van der Waals surface area contributed by atoms with E-state index >= 15 is 0 Å². The minimum atomic E-state index is -3.74. The van der Waals surface area contributed by atoms with E-state index in [1.165, 1.54) is 5.56 Å². The number of sulfonamides is 1. The molecule has 3 aromatic rings. The summed E-state index contributed by atoms with van der Waals surface area (Å²) in [5, 5.41) is 3.12. The number of carbonyl (C=O) groups is 1. The number of fused-ring (bicyclic) bond motifs is 1. The molecule has 3 aromatic carbocycles. The minimum absolute atomic E-state index is 0.0357. The Morgan fingerprint density at radius 3 is 2.48 bits per heavy atom. The lowest BCUT2D eigenvalue weighted by atomic mass is 9.87. The van der Waals surface area contributed by atoms with Gasteiger partial charge in [-0.2, -0.15) is 0 Å². The number of anilines is 1. The zero-order valence-electron chi connectivity index (χ0n) is 17.7. The summed E-state index contributed by atoms with van der Waals surface area (Å²) in [6.45, 7) is 3.72. The van der Waals surface area contributed by atoms with E-state index in [0.717, 1.165) is 36.0 Å². The Hall–Kier alpha value is -3.12. The molecule has 4 rings (SSSR count). The first-order chi connectivity index (χ1) is 14.8. The molecule has 0 bridgehead atoms. The standard InChI is InChI=1S/C25H26N2O3S/c1-17-10-14-21(15-11-17)31(29,30)27-24-16-20(13-12-18(24)2)25(28)26-23-9-5-7-19-6-3-4-8-22(19)23/h3-4,6,8,10-16,23,27H,5,7,9H2,1-2H3,(H,26,28)/t23-/m0/s1. The van der Waals surface area contributed by atoms with Gasteiger partial charge in [-0.3, -0.25) is 9.52 Å². The van der Waals surface area contributed by atoms with Crippen LogP contribution in [-0.2, 0) is 16.4 Å². The largest absolute Gasteiger partial charge is 0.345 e. The Morgan fingerprint density at radius 2 is 1.71 bits per heavy atom. The van der Waals surface area contributed by atoms with E-state index in [0.29, 0.717) is 11.3 Å².